The highest BCUT2D eigenvalue weighted by Crippen LogP contribution is 2.25. The summed E-state index contributed by atoms with van der Waals surface area (Å²) in [6.45, 7) is 0. The first-order chi connectivity index (χ1) is 15.1. The van der Waals surface area contributed by atoms with E-state index in [1.54, 1.807) is 61.7 Å². The third-order valence-corrected chi connectivity index (χ3v) is 4.62. The van der Waals surface area contributed by atoms with Crippen molar-refractivity contribution in [3.05, 3.63) is 83.9 Å². The molecule has 0 fully saturated rings. The highest BCUT2D eigenvalue weighted by molar-refractivity contribution is 6.06. The topological polar surface area (TPSA) is 93.3 Å². The highest BCUT2D eigenvalue weighted by Gasteiger charge is 2.15. The fourth-order valence-electron chi connectivity index (χ4n) is 3.09. The second-order valence-corrected chi connectivity index (χ2v) is 6.66. The van der Waals surface area contributed by atoms with E-state index in [1.807, 2.05) is 6.07 Å². The minimum atomic E-state index is -0.412. The maximum atomic E-state index is 13.2. The molecule has 3 aromatic carbocycles. The van der Waals surface area contributed by atoms with Gasteiger partial charge < -0.3 is 24.3 Å². The number of phenolic OH excluding ortho intramolecular Hbond substituents is 1. The standard InChI is InChI=1S/C24H20N2O5/c1-29-18-7-5-6-16(13-18)25-24-19(12-15-10-11-17(27)14-22(15)31-24)23(28)26-20-8-3-4-9-21(20)30-2/h3-14,27H,1-2H3,(H,26,28). The van der Waals surface area contributed by atoms with Crippen LogP contribution in [0, 0.1) is 0 Å². The van der Waals surface area contributed by atoms with Gasteiger partial charge >= 0.3 is 0 Å². The number of phenols is 1. The van der Waals surface area contributed by atoms with Crippen LogP contribution in [0.3, 0.4) is 0 Å². The lowest BCUT2D eigenvalue weighted by Gasteiger charge is -2.10. The maximum Gasteiger partial charge on any atom is 0.261 e. The van der Waals surface area contributed by atoms with Crippen LogP contribution in [-0.4, -0.2) is 25.2 Å². The minimum absolute atomic E-state index is 0.0507. The fourth-order valence-corrected chi connectivity index (χ4v) is 3.09. The molecule has 1 amide bonds. The third kappa shape index (κ3) is 4.35. The molecule has 0 atom stereocenters. The molecular formula is C24H20N2O5. The lowest BCUT2D eigenvalue weighted by molar-refractivity contribution is 0.102. The van der Waals surface area contributed by atoms with E-state index in [1.165, 1.54) is 19.2 Å². The van der Waals surface area contributed by atoms with Gasteiger partial charge in [-0.15, -0.1) is 0 Å². The molecule has 0 aliphatic carbocycles. The summed E-state index contributed by atoms with van der Waals surface area (Å²) in [5.41, 5.74) is 1.79. The Kier molecular flexibility index (Phi) is 5.57. The first kappa shape index (κ1) is 20.0. The molecule has 0 aliphatic heterocycles. The van der Waals surface area contributed by atoms with Crippen LogP contribution in [0.5, 0.6) is 17.2 Å². The molecule has 0 saturated heterocycles. The Morgan fingerprint density at radius 1 is 0.968 bits per heavy atom. The lowest BCUT2D eigenvalue weighted by atomic mass is 10.1. The van der Waals surface area contributed by atoms with Crippen LogP contribution in [-0.2, 0) is 0 Å². The van der Waals surface area contributed by atoms with Crippen molar-refractivity contribution < 1.29 is 23.8 Å². The summed E-state index contributed by atoms with van der Waals surface area (Å²) in [4.78, 5) is 17.7. The van der Waals surface area contributed by atoms with Crippen LogP contribution >= 0.6 is 0 Å². The smallest absolute Gasteiger partial charge is 0.261 e. The molecular weight excluding hydrogens is 396 g/mol. The van der Waals surface area contributed by atoms with Gasteiger partial charge in [-0.05, 0) is 42.5 Å². The van der Waals surface area contributed by atoms with E-state index < -0.39 is 5.91 Å². The Hall–Kier alpha value is -4.26. The molecule has 4 aromatic rings. The molecule has 1 aromatic heterocycles. The first-order valence-electron chi connectivity index (χ1n) is 9.47. The molecule has 0 saturated carbocycles. The number of anilines is 1. The zero-order chi connectivity index (χ0) is 21.8. The number of nitrogens with zero attached hydrogens (tertiary/aromatic N) is 1. The van der Waals surface area contributed by atoms with Gasteiger partial charge in [0.1, 0.15) is 28.4 Å². The van der Waals surface area contributed by atoms with Gasteiger partial charge in [0.05, 0.1) is 25.6 Å². The predicted molar refractivity (Wildman–Crippen MR) is 117 cm³/mol. The molecule has 156 valence electrons. The van der Waals surface area contributed by atoms with E-state index in [-0.39, 0.29) is 16.9 Å². The van der Waals surface area contributed by atoms with E-state index in [0.29, 0.717) is 33.8 Å². The number of carbonyl (C=O) groups excluding carboxylic acids is 1. The summed E-state index contributed by atoms with van der Waals surface area (Å²) in [7, 11) is 3.10. The first-order valence-corrected chi connectivity index (χ1v) is 9.47. The van der Waals surface area contributed by atoms with Crippen LogP contribution in [0.1, 0.15) is 10.4 Å². The van der Waals surface area contributed by atoms with E-state index in [4.69, 9.17) is 13.9 Å². The second-order valence-electron chi connectivity index (χ2n) is 6.66. The maximum absolute atomic E-state index is 13.2. The van der Waals surface area contributed by atoms with Crippen molar-refractivity contribution in [2.45, 2.75) is 0 Å². The molecule has 0 bridgehead atoms. The Morgan fingerprint density at radius 3 is 2.61 bits per heavy atom. The predicted octanol–water partition coefficient (Wildman–Crippen LogP) is 4.64. The number of methoxy groups -OCH3 is 2. The third-order valence-electron chi connectivity index (χ3n) is 4.62. The molecule has 0 spiro atoms. The molecule has 2 N–H and O–H groups in total. The Bertz CT molecular complexity index is 1330. The Labute approximate surface area is 178 Å². The number of ether oxygens (including phenoxy) is 2. The summed E-state index contributed by atoms with van der Waals surface area (Å²) in [5, 5.41) is 13.3. The van der Waals surface area contributed by atoms with Crippen LogP contribution in [0.15, 0.2) is 82.2 Å². The number of hydrogen-bond donors (Lipinski definition) is 2. The minimum Gasteiger partial charge on any atom is -0.508 e. The summed E-state index contributed by atoms with van der Waals surface area (Å²) in [6.07, 6.45) is 0. The average molecular weight is 416 g/mol. The zero-order valence-electron chi connectivity index (χ0n) is 17.0. The molecule has 31 heavy (non-hydrogen) atoms. The Balaban J connectivity index is 1.86. The van der Waals surface area contributed by atoms with Crippen molar-refractivity contribution >= 4 is 28.3 Å². The van der Waals surface area contributed by atoms with Crippen molar-refractivity contribution in [3.8, 4) is 17.2 Å². The number of hydrogen-bond acceptors (Lipinski definition) is 6. The molecule has 1 heterocycles. The van der Waals surface area contributed by atoms with Gasteiger partial charge in [0.15, 0.2) is 0 Å². The highest BCUT2D eigenvalue weighted by atomic mass is 16.5. The fraction of sp³-hybridized carbons (Fsp3) is 0.0833. The van der Waals surface area contributed by atoms with Gasteiger partial charge in [-0.3, -0.25) is 4.79 Å². The molecule has 0 aliphatic rings. The Morgan fingerprint density at radius 2 is 1.81 bits per heavy atom. The number of carbonyl (C=O) groups is 1. The quantitative estimate of drug-likeness (QED) is 0.494. The number of amides is 1. The number of fused-ring (bicyclic) bond motifs is 1. The average Bonchev–Trinajstić information content (AvgIpc) is 2.79. The van der Waals surface area contributed by atoms with Crippen molar-refractivity contribution in [1.82, 2.24) is 0 Å². The molecule has 0 unspecified atom stereocenters. The van der Waals surface area contributed by atoms with Gasteiger partial charge in [0.25, 0.3) is 5.91 Å². The van der Waals surface area contributed by atoms with E-state index in [2.05, 4.69) is 10.3 Å². The summed E-state index contributed by atoms with van der Waals surface area (Å²) in [6, 6.07) is 20.5. The second kappa shape index (κ2) is 8.62. The molecule has 7 nitrogen and oxygen atoms in total. The van der Waals surface area contributed by atoms with Gasteiger partial charge in [0, 0.05) is 17.5 Å². The number of para-hydroxylation sites is 2. The lowest BCUT2D eigenvalue weighted by Crippen LogP contribution is -2.21. The summed E-state index contributed by atoms with van der Waals surface area (Å²) in [5.74, 6) is 0.796. The monoisotopic (exact) mass is 416 g/mol. The normalized spacial score (nSPS) is 11.4. The summed E-state index contributed by atoms with van der Waals surface area (Å²) >= 11 is 0. The van der Waals surface area contributed by atoms with Gasteiger partial charge in [-0.2, -0.15) is 0 Å². The van der Waals surface area contributed by atoms with Crippen LogP contribution < -0.4 is 20.3 Å². The molecule has 4 rings (SSSR count). The van der Waals surface area contributed by atoms with Gasteiger partial charge in [-0.25, -0.2) is 4.99 Å². The number of benzene rings is 3. The molecule has 7 heteroatoms. The van der Waals surface area contributed by atoms with Crippen LogP contribution in [0.2, 0.25) is 0 Å². The van der Waals surface area contributed by atoms with Crippen LogP contribution in [0.25, 0.3) is 11.0 Å². The van der Waals surface area contributed by atoms with Crippen molar-refractivity contribution in [3.63, 3.8) is 0 Å². The van der Waals surface area contributed by atoms with Gasteiger partial charge in [-0.1, -0.05) is 18.2 Å². The number of nitrogens with one attached hydrogen (secondary N) is 1. The van der Waals surface area contributed by atoms with E-state index in [9.17, 15) is 9.90 Å². The largest absolute Gasteiger partial charge is 0.508 e. The SMILES string of the molecule is COc1cccc(N=c2oc3cc(O)ccc3cc2C(=O)Nc2ccccc2OC)c1. The van der Waals surface area contributed by atoms with E-state index in [0.717, 1.165) is 0 Å². The summed E-state index contributed by atoms with van der Waals surface area (Å²) < 4.78 is 16.5. The van der Waals surface area contributed by atoms with Crippen molar-refractivity contribution in [2.75, 3.05) is 19.5 Å². The van der Waals surface area contributed by atoms with Crippen LogP contribution in [0.4, 0.5) is 11.4 Å². The van der Waals surface area contributed by atoms with Gasteiger partial charge in [0.2, 0.25) is 5.55 Å². The number of aromatic hydroxyl groups is 1. The van der Waals surface area contributed by atoms with Crippen molar-refractivity contribution in [1.29, 1.82) is 0 Å². The zero-order valence-corrected chi connectivity index (χ0v) is 17.0. The van der Waals surface area contributed by atoms with E-state index >= 15 is 0 Å². The van der Waals surface area contributed by atoms with Crippen molar-refractivity contribution in [2.24, 2.45) is 4.99 Å². The number of rotatable bonds is 5. The molecule has 0 radical (unpaired) electrons.